The van der Waals surface area contributed by atoms with Crippen molar-refractivity contribution in [1.82, 2.24) is 15.5 Å². The predicted molar refractivity (Wildman–Crippen MR) is 61.4 cm³/mol. The number of carboxylic acid groups (broad SMARTS) is 1. The fourth-order valence-corrected chi connectivity index (χ4v) is 1.05. The van der Waals surface area contributed by atoms with Crippen molar-refractivity contribution < 1.29 is 14.7 Å². The maximum absolute atomic E-state index is 11.3. The predicted octanol–water partition coefficient (Wildman–Crippen LogP) is 0.0989. The highest BCUT2D eigenvalue weighted by Gasteiger charge is 2.14. The van der Waals surface area contributed by atoms with Crippen LogP contribution in [-0.2, 0) is 4.79 Å². The van der Waals surface area contributed by atoms with Crippen LogP contribution in [0.2, 0.25) is 0 Å². The number of aliphatic carboxylic acids is 1. The molecule has 3 N–H and O–H groups in total. The van der Waals surface area contributed by atoms with Crippen molar-refractivity contribution in [1.29, 1.82) is 0 Å². The molecule has 0 aromatic rings. The molecule has 0 heterocycles. The minimum atomic E-state index is -1.05. The average Bonchev–Trinajstić information content (AvgIpc) is 2.14. The van der Waals surface area contributed by atoms with Crippen LogP contribution in [0.15, 0.2) is 0 Å². The Kier molecular flexibility index (Phi) is 6.48. The summed E-state index contributed by atoms with van der Waals surface area (Å²) in [7, 11) is 3.92. The highest BCUT2D eigenvalue weighted by atomic mass is 16.4. The second kappa shape index (κ2) is 7.05. The molecule has 0 aliphatic heterocycles. The number of nitrogens with one attached hydrogen (secondary N) is 2. The zero-order valence-corrected chi connectivity index (χ0v) is 10.3. The molecule has 0 fully saturated rings. The van der Waals surface area contributed by atoms with Crippen LogP contribution in [-0.4, -0.2) is 54.7 Å². The summed E-state index contributed by atoms with van der Waals surface area (Å²) < 4.78 is 0. The van der Waals surface area contributed by atoms with Gasteiger partial charge in [0, 0.05) is 6.04 Å². The van der Waals surface area contributed by atoms with Crippen molar-refractivity contribution in [3.8, 4) is 0 Å². The number of rotatable bonds is 6. The maximum atomic E-state index is 11.3. The lowest BCUT2D eigenvalue weighted by Crippen LogP contribution is -2.47. The molecule has 0 saturated carbocycles. The zero-order chi connectivity index (χ0) is 12.7. The molecule has 0 aromatic heterocycles. The van der Waals surface area contributed by atoms with Crippen LogP contribution in [0.4, 0.5) is 4.79 Å². The van der Waals surface area contributed by atoms with E-state index in [9.17, 15) is 9.59 Å². The lowest BCUT2D eigenvalue weighted by molar-refractivity contribution is -0.138. The lowest BCUT2D eigenvalue weighted by Gasteiger charge is -2.18. The summed E-state index contributed by atoms with van der Waals surface area (Å²) in [5.41, 5.74) is 0. The number of hydrogen-bond donors (Lipinski definition) is 3. The normalized spacial score (nSPS) is 14.3. The first-order valence-electron chi connectivity index (χ1n) is 5.27. The van der Waals surface area contributed by atoms with Crippen LogP contribution >= 0.6 is 0 Å². The SMILES string of the molecule is CC(CCN(C)C)NC(=O)N[C@@H](C)C(=O)O. The second-order valence-electron chi connectivity index (χ2n) is 4.17. The van der Waals surface area contributed by atoms with Crippen molar-refractivity contribution in [3.05, 3.63) is 0 Å². The molecule has 0 aliphatic carbocycles. The molecular weight excluding hydrogens is 210 g/mol. The summed E-state index contributed by atoms with van der Waals surface area (Å²) in [5, 5.41) is 13.6. The number of carbonyl (C=O) groups is 2. The first-order chi connectivity index (χ1) is 7.32. The van der Waals surface area contributed by atoms with E-state index in [1.807, 2.05) is 25.9 Å². The van der Waals surface area contributed by atoms with E-state index >= 15 is 0 Å². The summed E-state index contributed by atoms with van der Waals surface area (Å²) in [5.74, 6) is -1.05. The monoisotopic (exact) mass is 231 g/mol. The van der Waals surface area contributed by atoms with Gasteiger partial charge in [-0.15, -0.1) is 0 Å². The molecule has 0 aliphatic rings. The van der Waals surface area contributed by atoms with E-state index in [-0.39, 0.29) is 6.04 Å². The Morgan fingerprint density at radius 1 is 1.25 bits per heavy atom. The van der Waals surface area contributed by atoms with E-state index in [0.717, 1.165) is 13.0 Å². The number of urea groups is 1. The number of hydrogen-bond acceptors (Lipinski definition) is 3. The molecule has 1 unspecified atom stereocenters. The smallest absolute Gasteiger partial charge is 0.325 e. The van der Waals surface area contributed by atoms with Gasteiger partial charge in [0.15, 0.2) is 0 Å². The Hall–Kier alpha value is -1.30. The van der Waals surface area contributed by atoms with Crippen molar-refractivity contribution in [2.75, 3.05) is 20.6 Å². The van der Waals surface area contributed by atoms with E-state index in [0.29, 0.717) is 0 Å². The lowest BCUT2D eigenvalue weighted by atomic mass is 10.2. The quantitative estimate of drug-likeness (QED) is 0.605. The van der Waals surface area contributed by atoms with Gasteiger partial charge in [0.2, 0.25) is 0 Å². The minimum Gasteiger partial charge on any atom is -0.480 e. The Bertz CT molecular complexity index is 243. The number of amides is 2. The van der Waals surface area contributed by atoms with Crippen LogP contribution in [0.5, 0.6) is 0 Å². The van der Waals surface area contributed by atoms with E-state index < -0.39 is 18.0 Å². The minimum absolute atomic E-state index is 0.0170. The molecule has 2 atom stereocenters. The van der Waals surface area contributed by atoms with Crippen molar-refractivity contribution in [2.45, 2.75) is 32.4 Å². The van der Waals surface area contributed by atoms with Crippen LogP contribution < -0.4 is 10.6 Å². The summed E-state index contributed by atoms with van der Waals surface area (Å²) in [4.78, 5) is 23.8. The van der Waals surface area contributed by atoms with E-state index in [1.165, 1.54) is 6.92 Å². The van der Waals surface area contributed by atoms with Gasteiger partial charge in [-0.3, -0.25) is 4.79 Å². The van der Waals surface area contributed by atoms with Crippen LogP contribution in [0.1, 0.15) is 20.3 Å². The molecule has 0 rings (SSSR count). The number of carboxylic acids is 1. The van der Waals surface area contributed by atoms with Gasteiger partial charge in [-0.1, -0.05) is 0 Å². The molecule has 0 radical (unpaired) electrons. The van der Waals surface area contributed by atoms with Gasteiger partial charge in [0.05, 0.1) is 0 Å². The van der Waals surface area contributed by atoms with Gasteiger partial charge < -0.3 is 20.6 Å². The van der Waals surface area contributed by atoms with Crippen LogP contribution in [0.25, 0.3) is 0 Å². The van der Waals surface area contributed by atoms with Crippen LogP contribution in [0.3, 0.4) is 0 Å². The molecule has 0 bridgehead atoms. The largest absolute Gasteiger partial charge is 0.480 e. The topological polar surface area (TPSA) is 81.7 Å². The average molecular weight is 231 g/mol. The molecule has 6 nitrogen and oxygen atoms in total. The number of nitrogens with zero attached hydrogens (tertiary/aromatic N) is 1. The molecule has 0 spiro atoms. The Morgan fingerprint density at radius 2 is 1.81 bits per heavy atom. The zero-order valence-electron chi connectivity index (χ0n) is 10.3. The third kappa shape index (κ3) is 7.05. The third-order valence-electron chi connectivity index (χ3n) is 2.10. The van der Waals surface area contributed by atoms with E-state index in [2.05, 4.69) is 10.6 Å². The van der Waals surface area contributed by atoms with Gasteiger partial charge in [0.1, 0.15) is 6.04 Å². The molecule has 0 saturated heterocycles. The molecule has 16 heavy (non-hydrogen) atoms. The summed E-state index contributed by atoms with van der Waals surface area (Å²) in [6, 6.07) is -1.30. The Morgan fingerprint density at radius 3 is 2.25 bits per heavy atom. The Labute approximate surface area is 96.0 Å². The fraction of sp³-hybridized carbons (Fsp3) is 0.800. The summed E-state index contributed by atoms with van der Waals surface area (Å²) in [6.45, 7) is 4.18. The highest BCUT2D eigenvalue weighted by Crippen LogP contribution is 1.92. The van der Waals surface area contributed by atoms with Gasteiger partial charge in [-0.2, -0.15) is 0 Å². The number of carbonyl (C=O) groups excluding carboxylic acids is 1. The van der Waals surface area contributed by atoms with Gasteiger partial charge in [-0.25, -0.2) is 4.79 Å². The van der Waals surface area contributed by atoms with E-state index in [4.69, 9.17) is 5.11 Å². The summed E-state index contributed by atoms with van der Waals surface area (Å²) in [6.07, 6.45) is 0.821. The van der Waals surface area contributed by atoms with Gasteiger partial charge in [0.25, 0.3) is 0 Å². The van der Waals surface area contributed by atoms with Crippen LogP contribution in [0, 0.1) is 0 Å². The molecule has 2 amide bonds. The first-order valence-corrected chi connectivity index (χ1v) is 5.27. The summed E-state index contributed by atoms with van der Waals surface area (Å²) >= 11 is 0. The van der Waals surface area contributed by atoms with Crippen molar-refractivity contribution in [3.63, 3.8) is 0 Å². The van der Waals surface area contributed by atoms with Gasteiger partial charge >= 0.3 is 12.0 Å². The molecule has 0 aromatic carbocycles. The highest BCUT2D eigenvalue weighted by molar-refractivity contribution is 5.82. The molecule has 94 valence electrons. The van der Waals surface area contributed by atoms with E-state index in [1.54, 1.807) is 0 Å². The molecular formula is C10H21N3O3. The standard InChI is InChI=1S/C10H21N3O3/c1-7(5-6-13(3)4)11-10(16)12-8(2)9(14)15/h7-8H,5-6H2,1-4H3,(H,14,15)(H2,11,12,16)/t7?,8-/m0/s1. The fourth-order valence-electron chi connectivity index (χ4n) is 1.05. The van der Waals surface area contributed by atoms with Crippen molar-refractivity contribution in [2.24, 2.45) is 0 Å². The Balaban J connectivity index is 3.82. The third-order valence-corrected chi connectivity index (χ3v) is 2.10. The van der Waals surface area contributed by atoms with Gasteiger partial charge in [-0.05, 0) is 40.9 Å². The first kappa shape index (κ1) is 14.7. The second-order valence-corrected chi connectivity index (χ2v) is 4.17. The van der Waals surface area contributed by atoms with Crippen molar-refractivity contribution >= 4 is 12.0 Å². The maximum Gasteiger partial charge on any atom is 0.325 e. The molecule has 6 heteroatoms.